The summed E-state index contributed by atoms with van der Waals surface area (Å²) in [6.07, 6.45) is 6.13. The molecule has 3 heterocycles. The zero-order valence-electron chi connectivity index (χ0n) is 14.1. The third-order valence-electron chi connectivity index (χ3n) is 4.11. The Balaban J connectivity index is 1.58. The maximum Gasteiger partial charge on any atom is 0.129 e. The third-order valence-corrected chi connectivity index (χ3v) is 4.32. The van der Waals surface area contributed by atoms with E-state index < -0.39 is 0 Å². The second-order valence-electron chi connectivity index (χ2n) is 5.86. The summed E-state index contributed by atoms with van der Waals surface area (Å²) in [6.45, 7) is 5.49. The smallest absolute Gasteiger partial charge is 0.129 e. The van der Waals surface area contributed by atoms with Gasteiger partial charge in [0.15, 0.2) is 0 Å². The van der Waals surface area contributed by atoms with Gasteiger partial charge in [0.05, 0.1) is 24.2 Å². The highest BCUT2D eigenvalue weighted by Crippen LogP contribution is 2.18. The number of fused-ring (bicyclic) bond motifs is 1. The number of morpholine rings is 1. The molecule has 7 heteroatoms. The van der Waals surface area contributed by atoms with Gasteiger partial charge >= 0.3 is 0 Å². The lowest BCUT2D eigenvalue weighted by Crippen LogP contribution is -2.37. The number of halogens is 1. The molecule has 6 nitrogen and oxygen atoms in total. The van der Waals surface area contributed by atoms with E-state index in [2.05, 4.69) is 19.9 Å². The number of hydrogen-bond donors (Lipinski definition) is 1. The zero-order valence-corrected chi connectivity index (χ0v) is 14.8. The van der Waals surface area contributed by atoms with E-state index in [9.17, 15) is 0 Å². The monoisotopic (exact) mass is 359 g/mol. The van der Waals surface area contributed by atoms with Gasteiger partial charge in [-0.15, -0.1) is 0 Å². The Labute approximate surface area is 152 Å². The minimum absolute atomic E-state index is 0.446. The first-order chi connectivity index (χ1) is 12.3. The summed E-state index contributed by atoms with van der Waals surface area (Å²) in [5.41, 5.74) is 9.00. The Bertz CT molecular complexity index is 771. The molecule has 132 valence electrons. The second kappa shape index (κ2) is 8.89. The quantitative estimate of drug-likeness (QED) is 0.487. The Hall–Kier alpha value is -2.02. The standard InChI is InChI=1S/C18H22ClN5O/c19-18-3-2-16-17(23-18)10-14(13-22-16)15(11-20)12-21-4-1-5-24-6-8-25-9-7-24/h2-3,10-13H,1,4-9,20H2. The molecule has 1 aliphatic heterocycles. The van der Waals surface area contributed by atoms with Crippen LogP contribution in [0.2, 0.25) is 5.15 Å². The molecule has 0 unspecified atom stereocenters. The number of rotatable bonds is 6. The second-order valence-corrected chi connectivity index (χ2v) is 6.25. The number of nitrogens with zero attached hydrogens (tertiary/aromatic N) is 4. The van der Waals surface area contributed by atoms with Gasteiger partial charge in [0.2, 0.25) is 0 Å². The number of aliphatic imine (C=N–C) groups is 1. The number of pyridine rings is 2. The summed E-state index contributed by atoms with van der Waals surface area (Å²) < 4.78 is 5.35. The van der Waals surface area contributed by atoms with Crippen molar-refractivity contribution in [2.45, 2.75) is 6.42 Å². The van der Waals surface area contributed by atoms with Gasteiger partial charge in [-0.25, -0.2) is 4.98 Å². The summed E-state index contributed by atoms with van der Waals surface area (Å²) >= 11 is 5.95. The van der Waals surface area contributed by atoms with Gasteiger partial charge in [-0.2, -0.15) is 0 Å². The lowest BCUT2D eigenvalue weighted by molar-refractivity contribution is 0.0377. The van der Waals surface area contributed by atoms with Crippen molar-refractivity contribution in [3.05, 3.63) is 41.3 Å². The number of ether oxygens (including phenoxy) is 1. The molecule has 2 aromatic rings. The number of aromatic nitrogens is 2. The lowest BCUT2D eigenvalue weighted by Gasteiger charge is -2.26. The van der Waals surface area contributed by atoms with E-state index in [1.165, 1.54) is 0 Å². The van der Waals surface area contributed by atoms with Crippen molar-refractivity contribution < 1.29 is 4.74 Å². The molecule has 0 bridgehead atoms. The number of hydrogen-bond acceptors (Lipinski definition) is 6. The van der Waals surface area contributed by atoms with Crippen LogP contribution in [-0.4, -0.2) is 60.5 Å². The van der Waals surface area contributed by atoms with Gasteiger partial charge in [0.1, 0.15) is 5.15 Å². The zero-order chi connectivity index (χ0) is 17.5. The Morgan fingerprint density at radius 2 is 2.16 bits per heavy atom. The molecular formula is C18H22ClN5O. The number of allylic oxidation sites excluding steroid dienone is 1. The predicted molar refractivity (Wildman–Crippen MR) is 102 cm³/mol. The van der Waals surface area contributed by atoms with E-state index in [0.29, 0.717) is 5.15 Å². The normalized spacial score (nSPS) is 16.8. The average molecular weight is 360 g/mol. The Kier molecular flexibility index (Phi) is 6.33. The highest BCUT2D eigenvalue weighted by Gasteiger charge is 2.09. The Morgan fingerprint density at radius 3 is 2.96 bits per heavy atom. The molecular weight excluding hydrogens is 338 g/mol. The molecule has 0 amide bonds. The highest BCUT2D eigenvalue weighted by molar-refractivity contribution is 6.29. The minimum atomic E-state index is 0.446. The molecule has 0 atom stereocenters. The molecule has 0 saturated carbocycles. The summed E-state index contributed by atoms with van der Waals surface area (Å²) in [5, 5.41) is 0.446. The molecule has 0 radical (unpaired) electrons. The van der Waals surface area contributed by atoms with Gasteiger partial charge in [-0.1, -0.05) is 11.6 Å². The van der Waals surface area contributed by atoms with Gasteiger partial charge in [-0.05, 0) is 24.6 Å². The van der Waals surface area contributed by atoms with Crippen LogP contribution in [0, 0.1) is 0 Å². The fraction of sp³-hybridized carbons (Fsp3) is 0.389. The molecule has 0 aliphatic carbocycles. The molecule has 0 spiro atoms. The van der Waals surface area contributed by atoms with Crippen molar-refractivity contribution >= 4 is 34.4 Å². The molecule has 3 rings (SSSR count). The van der Waals surface area contributed by atoms with E-state index in [0.717, 1.165) is 68.0 Å². The van der Waals surface area contributed by atoms with Gasteiger partial charge in [0.25, 0.3) is 0 Å². The van der Waals surface area contributed by atoms with Crippen LogP contribution in [0.3, 0.4) is 0 Å². The van der Waals surface area contributed by atoms with Crippen molar-refractivity contribution in [3.63, 3.8) is 0 Å². The fourth-order valence-corrected chi connectivity index (χ4v) is 2.88. The third kappa shape index (κ3) is 4.98. The Morgan fingerprint density at radius 1 is 1.32 bits per heavy atom. The van der Waals surface area contributed by atoms with Crippen LogP contribution < -0.4 is 5.73 Å². The van der Waals surface area contributed by atoms with E-state index >= 15 is 0 Å². The number of nitrogens with two attached hydrogens (primary N) is 1. The summed E-state index contributed by atoms with van der Waals surface area (Å²) in [7, 11) is 0. The minimum Gasteiger partial charge on any atom is -0.404 e. The van der Waals surface area contributed by atoms with Crippen LogP contribution in [0.5, 0.6) is 0 Å². The fourth-order valence-electron chi connectivity index (χ4n) is 2.73. The van der Waals surface area contributed by atoms with E-state index in [-0.39, 0.29) is 0 Å². The van der Waals surface area contributed by atoms with Crippen LogP contribution >= 0.6 is 11.6 Å². The maximum absolute atomic E-state index is 5.95. The van der Waals surface area contributed by atoms with E-state index in [1.54, 1.807) is 24.7 Å². The lowest BCUT2D eigenvalue weighted by atomic mass is 10.1. The molecule has 1 fully saturated rings. The first kappa shape index (κ1) is 17.8. The van der Waals surface area contributed by atoms with Crippen LogP contribution in [0.4, 0.5) is 0 Å². The van der Waals surface area contributed by atoms with Crippen LogP contribution in [0.1, 0.15) is 12.0 Å². The maximum atomic E-state index is 5.95. The van der Waals surface area contributed by atoms with Crippen molar-refractivity contribution in [2.75, 3.05) is 39.4 Å². The molecule has 25 heavy (non-hydrogen) atoms. The molecule has 1 aliphatic rings. The first-order valence-corrected chi connectivity index (χ1v) is 8.78. The molecule has 1 saturated heterocycles. The van der Waals surface area contributed by atoms with Gasteiger partial charge in [0, 0.05) is 55.9 Å². The molecule has 0 aromatic carbocycles. The van der Waals surface area contributed by atoms with Gasteiger partial charge in [-0.3, -0.25) is 14.9 Å². The van der Waals surface area contributed by atoms with E-state index in [4.69, 9.17) is 22.1 Å². The van der Waals surface area contributed by atoms with Crippen molar-refractivity contribution in [2.24, 2.45) is 10.7 Å². The predicted octanol–water partition coefficient (Wildman–Crippen LogP) is 2.38. The van der Waals surface area contributed by atoms with Crippen molar-refractivity contribution in [1.29, 1.82) is 0 Å². The highest BCUT2D eigenvalue weighted by atomic mass is 35.5. The van der Waals surface area contributed by atoms with Crippen molar-refractivity contribution in [3.8, 4) is 0 Å². The first-order valence-electron chi connectivity index (χ1n) is 8.41. The van der Waals surface area contributed by atoms with Crippen molar-refractivity contribution in [1.82, 2.24) is 14.9 Å². The van der Waals surface area contributed by atoms with E-state index in [1.807, 2.05) is 12.1 Å². The average Bonchev–Trinajstić information content (AvgIpc) is 2.65. The summed E-state index contributed by atoms with van der Waals surface area (Å²) in [6, 6.07) is 5.50. The molecule has 2 aromatic heterocycles. The van der Waals surface area contributed by atoms with Crippen LogP contribution in [0.25, 0.3) is 16.6 Å². The SMILES string of the molecule is NC=C(C=NCCCN1CCOCC1)c1cnc2ccc(Cl)nc2c1. The van der Waals surface area contributed by atoms with Crippen LogP contribution in [0.15, 0.2) is 35.6 Å². The molecule has 2 N–H and O–H groups in total. The summed E-state index contributed by atoms with van der Waals surface area (Å²) in [4.78, 5) is 15.6. The topological polar surface area (TPSA) is 76.6 Å². The largest absolute Gasteiger partial charge is 0.404 e. The summed E-state index contributed by atoms with van der Waals surface area (Å²) in [5.74, 6) is 0. The van der Waals surface area contributed by atoms with Crippen LogP contribution in [-0.2, 0) is 4.74 Å². The van der Waals surface area contributed by atoms with Gasteiger partial charge < -0.3 is 10.5 Å².